The van der Waals surface area contributed by atoms with Gasteiger partial charge < -0.3 is 9.80 Å². The van der Waals surface area contributed by atoms with Gasteiger partial charge in [-0.1, -0.05) is 11.6 Å². The molecule has 172 valence electrons. The number of carbonyl (C=O) groups is 1. The molecule has 2 aliphatic rings. The molecule has 1 fully saturated rings. The number of nitrogens with zero attached hydrogens (tertiary/aromatic N) is 3. The molecule has 5 rings (SSSR count). The number of fused-ring (bicyclic) bond motifs is 1. The molecular weight excluding hydrogens is 487 g/mol. The Morgan fingerprint density at radius 2 is 1.97 bits per heavy atom. The van der Waals surface area contributed by atoms with E-state index in [-0.39, 0.29) is 21.6 Å². The normalized spacial score (nSPS) is 18.5. The average Bonchev–Trinajstić information content (AvgIpc) is 3.42. The van der Waals surface area contributed by atoms with Crippen molar-refractivity contribution in [3.8, 4) is 0 Å². The molecule has 2 aliphatic heterocycles. The summed E-state index contributed by atoms with van der Waals surface area (Å²) >= 11 is 7.25. The second-order valence-electron chi connectivity index (χ2n) is 7.92. The van der Waals surface area contributed by atoms with E-state index in [1.54, 1.807) is 5.38 Å². The van der Waals surface area contributed by atoms with E-state index >= 15 is 4.39 Å². The zero-order valence-corrected chi connectivity index (χ0v) is 19.8. The third kappa shape index (κ3) is 4.18. The highest BCUT2D eigenvalue weighted by molar-refractivity contribution is 7.93. The smallest absolute Gasteiger partial charge is 0.263 e. The first kappa shape index (κ1) is 22.1. The van der Waals surface area contributed by atoms with Crippen LogP contribution in [0.1, 0.15) is 18.4 Å². The van der Waals surface area contributed by atoms with E-state index < -0.39 is 21.9 Å². The van der Waals surface area contributed by atoms with Gasteiger partial charge in [-0.25, -0.2) is 17.8 Å². The summed E-state index contributed by atoms with van der Waals surface area (Å²) in [5.74, 6) is -0.968. The molecule has 1 N–H and O–H groups in total. The molecule has 1 saturated heterocycles. The van der Waals surface area contributed by atoms with Gasteiger partial charge in [0.05, 0.1) is 10.6 Å². The Bertz CT molecular complexity index is 1320. The number of amides is 1. The van der Waals surface area contributed by atoms with Crippen LogP contribution in [-0.2, 0) is 21.2 Å². The number of aryl methyl sites for hydroxylation is 1. The molecule has 0 bridgehead atoms. The maximum absolute atomic E-state index is 15.0. The van der Waals surface area contributed by atoms with Crippen molar-refractivity contribution in [2.75, 3.05) is 27.6 Å². The largest absolute Gasteiger partial charge is 0.359 e. The summed E-state index contributed by atoms with van der Waals surface area (Å²) in [6.07, 6.45) is 3.82. The van der Waals surface area contributed by atoms with Crippen molar-refractivity contribution < 1.29 is 17.6 Å². The number of aromatic nitrogens is 1. The molecule has 1 amide bonds. The quantitative estimate of drug-likeness (QED) is 0.558. The van der Waals surface area contributed by atoms with Crippen LogP contribution in [0.15, 0.2) is 52.9 Å². The zero-order chi connectivity index (χ0) is 23.2. The van der Waals surface area contributed by atoms with Crippen LogP contribution in [0.3, 0.4) is 0 Å². The van der Waals surface area contributed by atoms with Crippen molar-refractivity contribution in [1.29, 1.82) is 0 Å². The van der Waals surface area contributed by atoms with Crippen molar-refractivity contribution in [3.63, 3.8) is 0 Å². The first-order valence-electron chi connectivity index (χ1n) is 10.4. The fourth-order valence-electron chi connectivity index (χ4n) is 4.43. The zero-order valence-electron chi connectivity index (χ0n) is 17.4. The third-order valence-electron chi connectivity index (χ3n) is 5.92. The van der Waals surface area contributed by atoms with Crippen LogP contribution < -0.4 is 14.5 Å². The Kier molecular flexibility index (Phi) is 5.75. The Balaban J connectivity index is 1.38. The molecule has 0 radical (unpaired) electrons. The molecule has 7 nitrogen and oxygen atoms in total. The molecular formula is C22H20ClFN4O3S2. The Hall–Kier alpha value is -2.69. The predicted octanol–water partition coefficient (Wildman–Crippen LogP) is 4.29. The SMILES string of the molecule is O=C1[C@@H](N2CCCc3cc(Cl)ccc32)CCN1c1ccc(S(=O)(=O)Nc2nccs2)cc1F. The fourth-order valence-corrected chi connectivity index (χ4v) is 6.43. The van der Waals surface area contributed by atoms with Crippen molar-refractivity contribution >= 4 is 55.4 Å². The van der Waals surface area contributed by atoms with Gasteiger partial charge in [-0.15, -0.1) is 11.3 Å². The first-order valence-corrected chi connectivity index (χ1v) is 13.2. The van der Waals surface area contributed by atoms with Crippen LogP contribution >= 0.6 is 22.9 Å². The number of halogens is 2. The van der Waals surface area contributed by atoms with E-state index in [4.69, 9.17) is 11.6 Å². The summed E-state index contributed by atoms with van der Waals surface area (Å²) in [7, 11) is -3.99. The molecule has 0 aliphatic carbocycles. The van der Waals surface area contributed by atoms with Crippen LogP contribution in [0.5, 0.6) is 0 Å². The molecule has 1 atom stereocenters. The van der Waals surface area contributed by atoms with Crippen LogP contribution in [-0.4, -0.2) is 38.4 Å². The standard InChI is InChI=1S/C22H20ClFN4O3S2/c23-15-3-5-18-14(12-15)2-1-9-27(18)20-7-10-28(21(20)29)19-6-4-16(13-17(19)24)33(30,31)26-22-25-8-11-32-22/h3-6,8,11-13,20H,1-2,7,9-10H2,(H,25,26)/t20-/m0/s1. The summed E-state index contributed by atoms with van der Waals surface area (Å²) in [5.41, 5.74) is 2.17. The predicted molar refractivity (Wildman–Crippen MR) is 127 cm³/mol. The number of benzene rings is 2. The lowest BCUT2D eigenvalue weighted by Crippen LogP contribution is -2.44. The van der Waals surface area contributed by atoms with Gasteiger partial charge in [0.15, 0.2) is 5.13 Å². The monoisotopic (exact) mass is 506 g/mol. The maximum atomic E-state index is 15.0. The van der Waals surface area contributed by atoms with E-state index in [1.165, 1.54) is 23.2 Å². The second-order valence-corrected chi connectivity index (χ2v) is 10.9. The minimum Gasteiger partial charge on any atom is -0.359 e. The molecule has 0 unspecified atom stereocenters. The van der Waals surface area contributed by atoms with E-state index in [2.05, 4.69) is 14.6 Å². The number of thiazole rings is 1. The summed E-state index contributed by atoms with van der Waals surface area (Å²) in [4.78, 5) is 20.4. The van der Waals surface area contributed by atoms with Gasteiger partial charge in [-0.05, 0) is 61.2 Å². The molecule has 0 saturated carbocycles. The Labute approximate surface area is 199 Å². The summed E-state index contributed by atoms with van der Waals surface area (Å²) in [5, 5.41) is 2.49. The highest BCUT2D eigenvalue weighted by atomic mass is 35.5. The van der Waals surface area contributed by atoms with Gasteiger partial charge in [-0.3, -0.25) is 9.52 Å². The van der Waals surface area contributed by atoms with Gasteiger partial charge >= 0.3 is 0 Å². The minimum atomic E-state index is -3.99. The van der Waals surface area contributed by atoms with E-state index in [0.29, 0.717) is 18.0 Å². The molecule has 11 heteroatoms. The van der Waals surface area contributed by atoms with Crippen LogP contribution in [0.25, 0.3) is 0 Å². The van der Waals surface area contributed by atoms with Crippen molar-refractivity contribution in [3.05, 3.63) is 64.4 Å². The molecule has 3 heterocycles. The van der Waals surface area contributed by atoms with E-state index in [9.17, 15) is 13.2 Å². The first-order chi connectivity index (χ1) is 15.8. The van der Waals surface area contributed by atoms with Gasteiger partial charge in [0, 0.05) is 35.4 Å². The maximum Gasteiger partial charge on any atom is 0.263 e. The molecule has 0 spiro atoms. The molecule has 33 heavy (non-hydrogen) atoms. The number of nitrogens with one attached hydrogen (secondary N) is 1. The van der Waals surface area contributed by atoms with Gasteiger partial charge in [0.2, 0.25) is 5.91 Å². The number of anilines is 3. The fraction of sp³-hybridized carbons (Fsp3) is 0.273. The molecule has 2 aromatic carbocycles. The van der Waals surface area contributed by atoms with Crippen LogP contribution in [0.2, 0.25) is 5.02 Å². The summed E-state index contributed by atoms with van der Waals surface area (Å²) in [6.45, 7) is 1.09. The summed E-state index contributed by atoms with van der Waals surface area (Å²) in [6, 6.07) is 8.85. The lowest BCUT2D eigenvalue weighted by molar-refractivity contribution is -0.118. The lowest BCUT2D eigenvalue weighted by atomic mass is 9.99. The van der Waals surface area contributed by atoms with Gasteiger partial charge in [0.1, 0.15) is 11.9 Å². The summed E-state index contributed by atoms with van der Waals surface area (Å²) < 4.78 is 42.4. The van der Waals surface area contributed by atoms with Crippen molar-refractivity contribution in [1.82, 2.24) is 4.98 Å². The minimum absolute atomic E-state index is 0.0732. The van der Waals surface area contributed by atoms with Gasteiger partial charge in [-0.2, -0.15) is 0 Å². The number of hydrogen-bond acceptors (Lipinski definition) is 6. The van der Waals surface area contributed by atoms with Crippen LogP contribution in [0.4, 0.5) is 20.9 Å². The number of rotatable bonds is 5. The van der Waals surface area contributed by atoms with Crippen LogP contribution in [0, 0.1) is 5.82 Å². The second kappa shape index (κ2) is 8.58. The van der Waals surface area contributed by atoms with Crippen molar-refractivity contribution in [2.24, 2.45) is 0 Å². The lowest BCUT2D eigenvalue weighted by Gasteiger charge is -2.35. The Morgan fingerprint density at radius 1 is 1.15 bits per heavy atom. The number of sulfonamides is 1. The number of hydrogen-bond donors (Lipinski definition) is 1. The average molecular weight is 507 g/mol. The van der Waals surface area contributed by atoms with E-state index in [0.717, 1.165) is 48.0 Å². The van der Waals surface area contributed by atoms with Crippen molar-refractivity contribution in [2.45, 2.75) is 30.2 Å². The number of carbonyl (C=O) groups excluding carboxylic acids is 1. The highest BCUT2D eigenvalue weighted by Gasteiger charge is 2.39. The molecule has 1 aromatic heterocycles. The third-order valence-corrected chi connectivity index (χ3v) is 8.31. The Morgan fingerprint density at radius 3 is 2.73 bits per heavy atom. The van der Waals surface area contributed by atoms with E-state index in [1.807, 2.05) is 18.2 Å². The van der Waals surface area contributed by atoms with Gasteiger partial charge in [0.25, 0.3) is 10.0 Å². The topological polar surface area (TPSA) is 82.6 Å². The molecule has 3 aromatic rings. The highest BCUT2D eigenvalue weighted by Crippen LogP contribution is 2.35.